The Bertz CT molecular complexity index is 167. The summed E-state index contributed by atoms with van der Waals surface area (Å²) in [4.78, 5) is 11.5. The SMILES string of the molecule is C=C(C)CC(=O)C(CCC)OCC. The average molecular weight is 184 g/mol. The first-order valence-electron chi connectivity index (χ1n) is 4.90. The highest BCUT2D eigenvalue weighted by atomic mass is 16.5. The van der Waals surface area contributed by atoms with E-state index in [2.05, 4.69) is 13.5 Å². The van der Waals surface area contributed by atoms with Crippen LogP contribution in [-0.4, -0.2) is 18.5 Å². The zero-order valence-corrected chi connectivity index (χ0v) is 8.93. The molecular weight excluding hydrogens is 164 g/mol. The quantitative estimate of drug-likeness (QED) is 0.569. The summed E-state index contributed by atoms with van der Waals surface area (Å²) in [7, 11) is 0. The molecule has 76 valence electrons. The summed E-state index contributed by atoms with van der Waals surface area (Å²) in [5.41, 5.74) is 0.908. The van der Waals surface area contributed by atoms with Crippen molar-refractivity contribution in [3.05, 3.63) is 12.2 Å². The molecule has 0 aliphatic carbocycles. The molecule has 0 rings (SSSR count). The second-order valence-corrected chi connectivity index (χ2v) is 3.33. The van der Waals surface area contributed by atoms with Gasteiger partial charge < -0.3 is 4.74 Å². The van der Waals surface area contributed by atoms with E-state index < -0.39 is 0 Å². The van der Waals surface area contributed by atoms with Crippen LogP contribution in [0.4, 0.5) is 0 Å². The Labute approximate surface area is 81.0 Å². The Hall–Kier alpha value is -0.630. The number of rotatable bonds is 7. The summed E-state index contributed by atoms with van der Waals surface area (Å²) >= 11 is 0. The molecule has 1 atom stereocenters. The minimum atomic E-state index is -0.216. The Morgan fingerprint density at radius 2 is 2.08 bits per heavy atom. The predicted molar refractivity (Wildman–Crippen MR) is 54.8 cm³/mol. The fourth-order valence-corrected chi connectivity index (χ4v) is 1.21. The minimum absolute atomic E-state index is 0.163. The molecule has 0 amide bonds. The van der Waals surface area contributed by atoms with Crippen molar-refractivity contribution in [3.63, 3.8) is 0 Å². The first kappa shape index (κ1) is 12.4. The van der Waals surface area contributed by atoms with E-state index in [0.29, 0.717) is 13.0 Å². The molecule has 2 heteroatoms. The molecule has 1 unspecified atom stereocenters. The molecule has 0 N–H and O–H groups in total. The number of hydrogen-bond donors (Lipinski definition) is 0. The van der Waals surface area contributed by atoms with Crippen molar-refractivity contribution in [3.8, 4) is 0 Å². The standard InChI is InChI=1S/C11H20O2/c1-5-7-11(13-6-2)10(12)8-9(3)4/h11H,3,5-8H2,1-2,4H3. The van der Waals surface area contributed by atoms with Gasteiger partial charge in [-0.3, -0.25) is 4.79 Å². The molecule has 0 bridgehead atoms. The molecule has 0 aromatic carbocycles. The van der Waals surface area contributed by atoms with Crippen molar-refractivity contribution in [1.82, 2.24) is 0 Å². The largest absolute Gasteiger partial charge is 0.371 e. The third-order valence-corrected chi connectivity index (χ3v) is 1.75. The zero-order chi connectivity index (χ0) is 10.3. The second kappa shape index (κ2) is 6.84. The van der Waals surface area contributed by atoms with Crippen LogP contribution in [0, 0.1) is 0 Å². The van der Waals surface area contributed by atoms with E-state index in [-0.39, 0.29) is 11.9 Å². The maximum atomic E-state index is 11.5. The van der Waals surface area contributed by atoms with E-state index in [1.54, 1.807) is 0 Å². The van der Waals surface area contributed by atoms with E-state index in [1.165, 1.54) is 0 Å². The van der Waals surface area contributed by atoms with Gasteiger partial charge in [-0.15, -0.1) is 0 Å². The summed E-state index contributed by atoms with van der Waals surface area (Å²) in [5, 5.41) is 0. The van der Waals surface area contributed by atoms with Gasteiger partial charge >= 0.3 is 0 Å². The van der Waals surface area contributed by atoms with Gasteiger partial charge in [0.25, 0.3) is 0 Å². The molecule has 13 heavy (non-hydrogen) atoms. The van der Waals surface area contributed by atoms with E-state index >= 15 is 0 Å². The molecule has 0 aliphatic rings. The van der Waals surface area contributed by atoms with Gasteiger partial charge in [0.05, 0.1) is 0 Å². The van der Waals surface area contributed by atoms with E-state index in [9.17, 15) is 4.79 Å². The minimum Gasteiger partial charge on any atom is -0.371 e. The summed E-state index contributed by atoms with van der Waals surface area (Å²) in [5.74, 6) is 0.163. The Kier molecular flexibility index (Phi) is 6.51. The fourth-order valence-electron chi connectivity index (χ4n) is 1.21. The van der Waals surface area contributed by atoms with Gasteiger partial charge in [0.15, 0.2) is 5.78 Å². The van der Waals surface area contributed by atoms with E-state index in [0.717, 1.165) is 18.4 Å². The van der Waals surface area contributed by atoms with Gasteiger partial charge in [0, 0.05) is 13.0 Å². The van der Waals surface area contributed by atoms with Crippen LogP contribution in [0.25, 0.3) is 0 Å². The number of hydrogen-bond acceptors (Lipinski definition) is 2. The number of carbonyl (C=O) groups is 1. The van der Waals surface area contributed by atoms with Gasteiger partial charge in [0.1, 0.15) is 6.10 Å². The normalized spacial score (nSPS) is 12.5. The summed E-state index contributed by atoms with van der Waals surface area (Å²) < 4.78 is 5.35. The van der Waals surface area contributed by atoms with Crippen molar-refractivity contribution < 1.29 is 9.53 Å². The lowest BCUT2D eigenvalue weighted by atomic mass is 10.0. The van der Waals surface area contributed by atoms with Crippen molar-refractivity contribution >= 4 is 5.78 Å². The van der Waals surface area contributed by atoms with E-state index in [1.807, 2.05) is 13.8 Å². The molecule has 0 aromatic rings. The lowest BCUT2D eigenvalue weighted by molar-refractivity contribution is -0.130. The van der Waals surface area contributed by atoms with Crippen LogP contribution in [-0.2, 0) is 9.53 Å². The van der Waals surface area contributed by atoms with Gasteiger partial charge in [-0.2, -0.15) is 0 Å². The lowest BCUT2D eigenvalue weighted by Crippen LogP contribution is -2.24. The van der Waals surface area contributed by atoms with Gasteiger partial charge in [0.2, 0.25) is 0 Å². The monoisotopic (exact) mass is 184 g/mol. The van der Waals surface area contributed by atoms with Crippen LogP contribution in [0.2, 0.25) is 0 Å². The molecule has 0 saturated carbocycles. The number of ketones is 1. The molecule has 2 nitrogen and oxygen atoms in total. The van der Waals surface area contributed by atoms with Crippen molar-refractivity contribution in [1.29, 1.82) is 0 Å². The number of carbonyl (C=O) groups excluding carboxylic acids is 1. The van der Waals surface area contributed by atoms with Crippen LogP contribution in [0.15, 0.2) is 12.2 Å². The highest BCUT2D eigenvalue weighted by Crippen LogP contribution is 2.09. The molecule has 0 heterocycles. The summed E-state index contributed by atoms with van der Waals surface area (Å²) in [6.45, 7) is 10.2. The maximum Gasteiger partial charge on any atom is 0.165 e. The maximum absolute atomic E-state index is 11.5. The third-order valence-electron chi connectivity index (χ3n) is 1.75. The highest BCUT2D eigenvalue weighted by Gasteiger charge is 2.16. The highest BCUT2D eigenvalue weighted by molar-refractivity contribution is 5.84. The number of Topliss-reactive ketones (excluding diaryl/α,β-unsaturated/α-hetero) is 1. The predicted octanol–water partition coefficient (Wildman–Crippen LogP) is 2.73. The second-order valence-electron chi connectivity index (χ2n) is 3.33. The molecular formula is C11H20O2. The molecule has 0 fully saturated rings. The number of ether oxygens (including phenoxy) is 1. The fraction of sp³-hybridized carbons (Fsp3) is 0.727. The van der Waals surface area contributed by atoms with E-state index in [4.69, 9.17) is 4.74 Å². The topological polar surface area (TPSA) is 26.3 Å². The molecule has 0 spiro atoms. The third kappa shape index (κ3) is 5.58. The number of allylic oxidation sites excluding steroid dienone is 1. The first-order valence-corrected chi connectivity index (χ1v) is 4.90. The Morgan fingerprint density at radius 1 is 1.46 bits per heavy atom. The van der Waals surface area contributed by atoms with Crippen molar-refractivity contribution in [2.45, 2.75) is 46.1 Å². The molecule has 0 saturated heterocycles. The summed E-state index contributed by atoms with van der Waals surface area (Å²) in [6.07, 6.45) is 2.03. The van der Waals surface area contributed by atoms with Crippen LogP contribution in [0.1, 0.15) is 40.0 Å². The van der Waals surface area contributed by atoms with Crippen LogP contribution >= 0.6 is 0 Å². The van der Waals surface area contributed by atoms with Crippen molar-refractivity contribution in [2.24, 2.45) is 0 Å². The van der Waals surface area contributed by atoms with Crippen LogP contribution < -0.4 is 0 Å². The molecule has 0 aliphatic heterocycles. The van der Waals surface area contributed by atoms with Crippen LogP contribution in [0.5, 0.6) is 0 Å². The van der Waals surface area contributed by atoms with Gasteiger partial charge in [-0.25, -0.2) is 0 Å². The lowest BCUT2D eigenvalue weighted by Gasteiger charge is -2.14. The smallest absolute Gasteiger partial charge is 0.165 e. The first-order chi connectivity index (χ1) is 6.11. The van der Waals surface area contributed by atoms with Crippen molar-refractivity contribution in [2.75, 3.05) is 6.61 Å². The summed E-state index contributed by atoms with van der Waals surface area (Å²) in [6, 6.07) is 0. The van der Waals surface area contributed by atoms with Gasteiger partial charge in [-0.05, 0) is 20.3 Å². The Balaban J connectivity index is 4.02. The zero-order valence-electron chi connectivity index (χ0n) is 8.93. The van der Waals surface area contributed by atoms with Crippen LogP contribution in [0.3, 0.4) is 0 Å². The average Bonchev–Trinajstić information content (AvgIpc) is 2.02. The molecule has 0 aromatic heterocycles. The van der Waals surface area contributed by atoms with Gasteiger partial charge in [-0.1, -0.05) is 25.5 Å². The Morgan fingerprint density at radius 3 is 2.46 bits per heavy atom. The molecule has 0 radical (unpaired) electrons.